The van der Waals surface area contributed by atoms with Crippen molar-refractivity contribution >= 4 is 29.3 Å². The lowest BCUT2D eigenvalue weighted by Gasteiger charge is -2.36. The van der Waals surface area contributed by atoms with Crippen LogP contribution in [0.15, 0.2) is 72.8 Å². The van der Waals surface area contributed by atoms with Crippen molar-refractivity contribution in [2.45, 2.75) is 51.9 Å². The highest BCUT2D eigenvalue weighted by Gasteiger charge is 2.40. The minimum absolute atomic E-state index is 0.0574. The molecule has 4 rings (SSSR count). The van der Waals surface area contributed by atoms with Gasteiger partial charge in [-0.25, -0.2) is 4.79 Å². The van der Waals surface area contributed by atoms with Gasteiger partial charge in [-0.2, -0.15) is 0 Å². The van der Waals surface area contributed by atoms with Gasteiger partial charge in [-0.1, -0.05) is 68.7 Å². The quantitative estimate of drug-likeness (QED) is 0.298. The molecule has 0 radical (unpaired) electrons. The largest absolute Gasteiger partial charge is 0.478 e. The van der Waals surface area contributed by atoms with Crippen LogP contribution in [-0.2, 0) is 22.4 Å². The van der Waals surface area contributed by atoms with Crippen molar-refractivity contribution in [3.05, 3.63) is 89.5 Å². The topological polar surface area (TPSA) is 69.6 Å². The van der Waals surface area contributed by atoms with E-state index in [1.807, 2.05) is 38.4 Å². The first-order valence-electron chi connectivity index (χ1n) is 13.5. The van der Waals surface area contributed by atoms with Crippen molar-refractivity contribution < 1.29 is 14.7 Å². The molecule has 3 aromatic rings. The van der Waals surface area contributed by atoms with Gasteiger partial charge in [0, 0.05) is 31.5 Å². The molecule has 0 aromatic heterocycles. The van der Waals surface area contributed by atoms with Gasteiger partial charge in [-0.3, -0.25) is 4.79 Å². The molecule has 5 heteroatoms. The normalized spacial score (nSPS) is 14.8. The van der Waals surface area contributed by atoms with Gasteiger partial charge < -0.3 is 15.3 Å². The van der Waals surface area contributed by atoms with E-state index in [1.54, 1.807) is 0 Å². The third kappa shape index (κ3) is 6.52. The summed E-state index contributed by atoms with van der Waals surface area (Å²) < 4.78 is 0. The predicted octanol–water partition coefficient (Wildman–Crippen LogP) is 7.21. The monoisotopic (exact) mass is 510 g/mol. The van der Waals surface area contributed by atoms with Crippen LogP contribution in [0.1, 0.15) is 55.7 Å². The van der Waals surface area contributed by atoms with Crippen LogP contribution in [-0.4, -0.2) is 31.1 Å². The molecule has 1 fully saturated rings. The number of aryl methyl sites for hydroxylation is 1. The summed E-state index contributed by atoms with van der Waals surface area (Å²) in [7, 11) is 4.09. The molecule has 1 aliphatic carbocycles. The Morgan fingerprint density at radius 1 is 0.921 bits per heavy atom. The number of carboxylic acid groups (broad SMARTS) is 1. The molecule has 0 atom stereocenters. The van der Waals surface area contributed by atoms with E-state index >= 15 is 0 Å². The summed E-state index contributed by atoms with van der Waals surface area (Å²) in [5.41, 5.74) is 7.08. The first-order chi connectivity index (χ1) is 18.3. The average Bonchev–Trinajstić information content (AvgIpc) is 2.93. The third-order valence-electron chi connectivity index (χ3n) is 7.69. The van der Waals surface area contributed by atoms with Gasteiger partial charge in [-0.05, 0) is 83.8 Å². The molecule has 0 bridgehead atoms. The highest BCUT2D eigenvalue weighted by atomic mass is 16.4. The summed E-state index contributed by atoms with van der Waals surface area (Å²) in [4.78, 5) is 26.8. The molecule has 198 valence electrons. The predicted molar refractivity (Wildman–Crippen MR) is 157 cm³/mol. The minimum atomic E-state index is -0.996. The second-order valence-corrected chi connectivity index (χ2v) is 10.5. The van der Waals surface area contributed by atoms with Crippen molar-refractivity contribution in [3.8, 4) is 11.1 Å². The molecule has 1 aliphatic rings. The van der Waals surface area contributed by atoms with E-state index in [2.05, 4.69) is 59.6 Å². The van der Waals surface area contributed by atoms with Crippen molar-refractivity contribution in [1.82, 2.24) is 0 Å². The number of amides is 1. The zero-order valence-electron chi connectivity index (χ0n) is 22.7. The van der Waals surface area contributed by atoms with Crippen LogP contribution in [0.25, 0.3) is 17.2 Å². The van der Waals surface area contributed by atoms with Crippen molar-refractivity contribution in [3.63, 3.8) is 0 Å². The standard InChI is InChI=1S/C33H38N2O3/c1-4-25-22-27(26-14-16-30(17-15-26)35(2)3)12-13-28(25)23-33(19-6-5-7-20-33)32(38)34-29-10-8-9-24(21-29)11-18-31(36)37/h8-18,21-22H,4-7,19-20,23H2,1-3H3,(H,34,38)(H,36,37)/b18-11+. The lowest BCUT2D eigenvalue weighted by atomic mass is 9.69. The molecule has 0 aliphatic heterocycles. The number of aliphatic carboxylic acids is 1. The Balaban J connectivity index is 1.58. The Labute approximate surface area is 226 Å². The van der Waals surface area contributed by atoms with Gasteiger partial charge in [0.25, 0.3) is 0 Å². The van der Waals surface area contributed by atoms with E-state index in [4.69, 9.17) is 5.11 Å². The number of nitrogens with zero attached hydrogens (tertiary/aromatic N) is 1. The summed E-state index contributed by atoms with van der Waals surface area (Å²) in [5, 5.41) is 12.1. The summed E-state index contributed by atoms with van der Waals surface area (Å²) in [5.74, 6) is -0.939. The van der Waals surface area contributed by atoms with E-state index in [1.165, 1.54) is 34.0 Å². The maximum absolute atomic E-state index is 13.8. The van der Waals surface area contributed by atoms with Crippen molar-refractivity contribution in [1.29, 1.82) is 0 Å². The third-order valence-corrected chi connectivity index (χ3v) is 7.69. The number of carbonyl (C=O) groups excluding carboxylic acids is 1. The minimum Gasteiger partial charge on any atom is -0.478 e. The molecule has 0 spiro atoms. The number of rotatable bonds is 9. The van der Waals surface area contributed by atoms with Crippen molar-refractivity contribution in [2.24, 2.45) is 5.41 Å². The maximum Gasteiger partial charge on any atom is 0.328 e. The van der Waals surface area contributed by atoms with Crippen LogP contribution in [0, 0.1) is 5.41 Å². The molecule has 2 N–H and O–H groups in total. The van der Waals surface area contributed by atoms with Crippen LogP contribution in [0.3, 0.4) is 0 Å². The molecular formula is C33H38N2O3. The van der Waals surface area contributed by atoms with Gasteiger partial charge >= 0.3 is 5.97 Å². The van der Waals surface area contributed by atoms with Crippen molar-refractivity contribution in [2.75, 3.05) is 24.3 Å². The summed E-state index contributed by atoms with van der Waals surface area (Å²) in [6, 6.07) is 22.7. The Morgan fingerprint density at radius 2 is 1.63 bits per heavy atom. The number of benzene rings is 3. The highest BCUT2D eigenvalue weighted by Crippen LogP contribution is 2.41. The van der Waals surface area contributed by atoms with Gasteiger partial charge in [0.2, 0.25) is 5.91 Å². The maximum atomic E-state index is 13.8. The summed E-state index contributed by atoms with van der Waals surface area (Å²) in [6.45, 7) is 2.18. The molecule has 0 unspecified atom stereocenters. The Bertz CT molecular complexity index is 1300. The van der Waals surface area contributed by atoms with Gasteiger partial charge in [0.05, 0.1) is 5.41 Å². The number of nitrogens with one attached hydrogen (secondary N) is 1. The smallest absolute Gasteiger partial charge is 0.328 e. The average molecular weight is 511 g/mol. The van der Waals surface area contributed by atoms with Crippen LogP contribution in [0.2, 0.25) is 0 Å². The van der Waals surface area contributed by atoms with Crippen LogP contribution in [0.5, 0.6) is 0 Å². The van der Waals surface area contributed by atoms with Crippen LogP contribution >= 0.6 is 0 Å². The van der Waals surface area contributed by atoms with E-state index in [0.717, 1.165) is 56.6 Å². The van der Waals surface area contributed by atoms with E-state index in [9.17, 15) is 9.59 Å². The molecule has 38 heavy (non-hydrogen) atoms. The Kier molecular flexibility index (Phi) is 8.67. The first kappa shape index (κ1) is 27.2. The number of hydrogen-bond acceptors (Lipinski definition) is 3. The SMILES string of the molecule is CCc1cc(-c2ccc(N(C)C)cc2)ccc1CC1(C(=O)Nc2cccc(/C=C/C(=O)O)c2)CCCCC1. The fourth-order valence-electron chi connectivity index (χ4n) is 5.49. The number of hydrogen-bond donors (Lipinski definition) is 2. The molecule has 5 nitrogen and oxygen atoms in total. The fraction of sp³-hybridized carbons (Fsp3) is 0.333. The number of anilines is 2. The highest BCUT2D eigenvalue weighted by molar-refractivity contribution is 5.96. The number of carbonyl (C=O) groups is 2. The van der Waals surface area contributed by atoms with Crippen LogP contribution in [0.4, 0.5) is 11.4 Å². The molecule has 1 saturated carbocycles. The summed E-state index contributed by atoms with van der Waals surface area (Å²) >= 11 is 0. The zero-order chi connectivity index (χ0) is 27.1. The molecule has 1 amide bonds. The van der Waals surface area contributed by atoms with E-state index < -0.39 is 11.4 Å². The lowest BCUT2D eigenvalue weighted by Crippen LogP contribution is -2.40. The van der Waals surface area contributed by atoms with Crippen LogP contribution < -0.4 is 10.2 Å². The number of carboxylic acids is 1. The molecule has 0 heterocycles. The Hall–Kier alpha value is -3.86. The lowest BCUT2D eigenvalue weighted by molar-refractivity contribution is -0.131. The van der Waals surface area contributed by atoms with E-state index in [0.29, 0.717) is 5.69 Å². The fourth-order valence-corrected chi connectivity index (χ4v) is 5.49. The second kappa shape index (κ2) is 12.1. The molecular weight excluding hydrogens is 472 g/mol. The Morgan fingerprint density at radius 3 is 2.29 bits per heavy atom. The van der Waals surface area contributed by atoms with Gasteiger partial charge in [0.15, 0.2) is 0 Å². The summed E-state index contributed by atoms with van der Waals surface area (Å²) in [6.07, 6.45) is 9.28. The first-order valence-corrected chi connectivity index (χ1v) is 13.5. The molecule has 3 aromatic carbocycles. The molecule has 0 saturated heterocycles. The van der Waals surface area contributed by atoms with Gasteiger partial charge in [-0.15, -0.1) is 0 Å². The zero-order valence-corrected chi connectivity index (χ0v) is 22.7. The van der Waals surface area contributed by atoms with E-state index in [-0.39, 0.29) is 5.91 Å². The van der Waals surface area contributed by atoms with Gasteiger partial charge in [0.1, 0.15) is 0 Å². The second-order valence-electron chi connectivity index (χ2n) is 10.5.